The fraction of sp³-hybridized carbons (Fsp3) is 0.273. The molecule has 0 aliphatic carbocycles. The molecule has 0 heterocycles. The van der Waals surface area contributed by atoms with Crippen LogP contribution in [-0.2, 0) is 4.74 Å². The van der Waals surface area contributed by atoms with Gasteiger partial charge in [0.15, 0.2) is 0 Å². The molecule has 1 amide bonds. The minimum atomic E-state index is -0.568. The van der Waals surface area contributed by atoms with E-state index in [1.54, 1.807) is 0 Å². The van der Waals surface area contributed by atoms with Gasteiger partial charge in [0.1, 0.15) is 0 Å². The first kappa shape index (κ1) is 11.2. The number of methoxy groups -OCH3 is 1. The number of ether oxygens (including phenoxy) is 1. The average Bonchev–Trinajstić information content (AvgIpc) is 2.26. The van der Waals surface area contributed by atoms with E-state index in [-0.39, 0.29) is 0 Å². The van der Waals surface area contributed by atoms with Gasteiger partial charge in [0.2, 0.25) is 0 Å². The summed E-state index contributed by atoms with van der Waals surface area (Å²) < 4.78 is 4.40. The lowest BCUT2D eigenvalue weighted by Crippen LogP contribution is -2.18. The Balaban J connectivity index is 2.71. The Morgan fingerprint density at radius 3 is 2.47 bits per heavy atom. The number of benzene rings is 1. The monoisotopic (exact) mass is 206 g/mol. The third-order valence-corrected chi connectivity index (χ3v) is 1.97. The molecule has 0 fully saturated rings. The van der Waals surface area contributed by atoms with E-state index in [9.17, 15) is 4.79 Å². The van der Waals surface area contributed by atoms with E-state index < -0.39 is 6.09 Å². The molecule has 0 atom stereocenters. The van der Waals surface area contributed by atoms with Crippen molar-refractivity contribution in [2.45, 2.75) is 13.8 Å². The van der Waals surface area contributed by atoms with E-state index in [4.69, 9.17) is 0 Å². The summed E-state index contributed by atoms with van der Waals surface area (Å²) in [6.45, 7) is 3.84. The zero-order valence-corrected chi connectivity index (χ0v) is 9.07. The van der Waals surface area contributed by atoms with Crippen molar-refractivity contribution in [2.75, 3.05) is 7.11 Å². The highest BCUT2D eigenvalue weighted by molar-refractivity contribution is 5.99. The van der Waals surface area contributed by atoms with Crippen molar-refractivity contribution in [2.24, 2.45) is 5.10 Å². The van der Waals surface area contributed by atoms with Gasteiger partial charge in [-0.3, -0.25) is 0 Å². The van der Waals surface area contributed by atoms with Crippen molar-refractivity contribution in [1.82, 2.24) is 5.43 Å². The summed E-state index contributed by atoms with van der Waals surface area (Å²) in [5, 5.41) is 3.89. The van der Waals surface area contributed by atoms with Gasteiger partial charge >= 0.3 is 6.09 Å². The molecule has 0 spiro atoms. The molecule has 0 aliphatic heterocycles. The fourth-order valence-electron chi connectivity index (χ4n) is 1.03. The van der Waals surface area contributed by atoms with E-state index in [1.165, 1.54) is 12.7 Å². The van der Waals surface area contributed by atoms with Crippen LogP contribution in [0.15, 0.2) is 29.4 Å². The van der Waals surface area contributed by atoms with Crippen molar-refractivity contribution >= 4 is 11.8 Å². The van der Waals surface area contributed by atoms with Crippen LogP contribution in [0.5, 0.6) is 0 Å². The van der Waals surface area contributed by atoms with Crippen molar-refractivity contribution in [3.05, 3.63) is 35.4 Å². The van der Waals surface area contributed by atoms with Crippen LogP contribution in [0.1, 0.15) is 18.1 Å². The number of nitrogens with zero attached hydrogens (tertiary/aromatic N) is 1. The van der Waals surface area contributed by atoms with Crippen LogP contribution in [0.2, 0.25) is 0 Å². The Morgan fingerprint density at radius 1 is 1.33 bits per heavy atom. The molecule has 0 radical (unpaired) electrons. The predicted molar refractivity (Wildman–Crippen MR) is 58.9 cm³/mol. The molecule has 1 aromatic rings. The summed E-state index contributed by atoms with van der Waals surface area (Å²) in [7, 11) is 1.30. The van der Waals surface area contributed by atoms with Gasteiger partial charge in [0, 0.05) is 0 Å². The van der Waals surface area contributed by atoms with E-state index in [0.29, 0.717) is 0 Å². The van der Waals surface area contributed by atoms with Crippen molar-refractivity contribution in [3.63, 3.8) is 0 Å². The summed E-state index contributed by atoms with van der Waals surface area (Å²) in [5.74, 6) is 0. The van der Waals surface area contributed by atoms with Gasteiger partial charge in [-0.2, -0.15) is 5.10 Å². The third-order valence-electron chi connectivity index (χ3n) is 1.97. The molecule has 0 saturated heterocycles. The van der Waals surface area contributed by atoms with E-state index in [2.05, 4.69) is 15.3 Å². The molecule has 1 rings (SSSR count). The number of amides is 1. The SMILES string of the molecule is COC(=O)N/N=C(\C)c1ccc(C)cc1. The first-order valence-corrected chi connectivity index (χ1v) is 4.59. The lowest BCUT2D eigenvalue weighted by molar-refractivity contribution is 0.171. The lowest BCUT2D eigenvalue weighted by atomic mass is 10.1. The summed E-state index contributed by atoms with van der Waals surface area (Å²) >= 11 is 0. The summed E-state index contributed by atoms with van der Waals surface area (Å²) in [6, 6.07) is 7.89. The van der Waals surface area contributed by atoms with E-state index in [0.717, 1.165) is 11.3 Å². The molecule has 0 unspecified atom stereocenters. The molecule has 4 heteroatoms. The van der Waals surface area contributed by atoms with Gasteiger partial charge in [-0.1, -0.05) is 29.8 Å². The van der Waals surface area contributed by atoms with Crippen molar-refractivity contribution in [3.8, 4) is 0 Å². The first-order valence-electron chi connectivity index (χ1n) is 4.59. The Bertz CT molecular complexity index is 369. The summed E-state index contributed by atoms with van der Waals surface area (Å²) in [4.78, 5) is 10.8. The molecule has 4 nitrogen and oxygen atoms in total. The molecular weight excluding hydrogens is 192 g/mol. The van der Waals surface area contributed by atoms with Gasteiger partial charge in [-0.25, -0.2) is 10.2 Å². The van der Waals surface area contributed by atoms with Crippen molar-refractivity contribution < 1.29 is 9.53 Å². The van der Waals surface area contributed by atoms with Crippen LogP contribution in [0.4, 0.5) is 4.79 Å². The van der Waals surface area contributed by atoms with Gasteiger partial charge in [0.05, 0.1) is 12.8 Å². The molecule has 80 valence electrons. The smallest absolute Gasteiger partial charge is 0.427 e. The lowest BCUT2D eigenvalue weighted by Gasteiger charge is -2.02. The number of hydrogen-bond donors (Lipinski definition) is 1. The first-order chi connectivity index (χ1) is 7.13. The number of carbonyl (C=O) groups is 1. The maximum atomic E-state index is 10.8. The predicted octanol–water partition coefficient (Wildman–Crippen LogP) is 2.08. The van der Waals surface area contributed by atoms with Crippen LogP contribution < -0.4 is 5.43 Å². The number of rotatable bonds is 2. The maximum absolute atomic E-state index is 10.8. The molecule has 0 aliphatic rings. The minimum absolute atomic E-state index is 0.568. The normalized spacial score (nSPS) is 11.0. The molecule has 15 heavy (non-hydrogen) atoms. The number of aryl methyl sites for hydroxylation is 1. The molecular formula is C11H14N2O2. The van der Waals surface area contributed by atoms with Crippen LogP contribution in [0, 0.1) is 6.92 Å². The largest absolute Gasteiger partial charge is 0.452 e. The van der Waals surface area contributed by atoms with Crippen molar-refractivity contribution in [1.29, 1.82) is 0 Å². The highest BCUT2D eigenvalue weighted by Gasteiger charge is 1.98. The second-order valence-corrected chi connectivity index (χ2v) is 3.17. The number of hydrazone groups is 1. The van der Waals surface area contributed by atoms with Crippen LogP contribution in [0.25, 0.3) is 0 Å². The second-order valence-electron chi connectivity index (χ2n) is 3.17. The molecule has 0 aromatic heterocycles. The number of hydrogen-bond acceptors (Lipinski definition) is 3. The van der Waals surface area contributed by atoms with Gasteiger partial charge < -0.3 is 4.74 Å². The van der Waals surface area contributed by atoms with Gasteiger partial charge in [-0.15, -0.1) is 0 Å². The van der Waals surface area contributed by atoms with Crippen LogP contribution in [0.3, 0.4) is 0 Å². The average molecular weight is 206 g/mol. The van der Waals surface area contributed by atoms with Gasteiger partial charge in [-0.05, 0) is 19.4 Å². The number of carbonyl (C=O) groups excluding carboxylic acids is 1. The standard InChI is InChI=1S/C11H14N2O2/c1-8-4-6-10(7-5-8)9(2)12-13-11(14)15-3/h4-7H,1-3H3,(H,13,14)/b12-9+. The zero-order chi connectivity index (χ0) is 11.3. The topological polar surface area (TPSA) is 50.7 Å². The summed E-state index contributed by atoms with van der Waals surface area (Å²) in [6.07, 6.45) is -0.568. The Labute approximate surface area is 88.9 Å². The Hall–Kier alpha value is -1.84. The molecule has 1 aromatic carbocycles. The molecule has 1 N–H and O–H groups in total. The quantitative estimate of drug-likeness (QED) is 0.595. The number of nitrogens with one attached hydrogen (secondary N) is 1. The van der Waals surface area contributed by atoms with Gasteiger partial charge in [0.25, 0.3) is 0 Å². The van der Waals surface area contributed by atoms with Crippen LogP contribution >= 0.6 is 0 Å². The Morgan fingerprint density at radius 2 is 1.93 bits per heavy atom. The molecule has 0 saturated carbocycles. The van der Waals surface area contributed by atoms with Crippen LogP contribution in [-0.4, -0.2) is 18.9 Å². The maximum Gasteiger partial charge on any atom is 0.427 e. The molecule has 0 bridgehead atoms. The fourth-order valence-corrected chi connectivity index (χ4v) is 1.03. The highest BCUT2D eigenvalue weighted by Crippen LogP contribution is 2.04. The zero-order valence-electron chi connectivity index (χ0n) is 9.07. The third kappa shape index (κ3) is 3.42. The minimum Gasteiger partial charge on any atom is -0.452 e. The highest BCUT2D eigenvalue weighted by atomic mass is 16.5. The second kappa shape index (κ2) is 5.14. The van der Waals surface area contributed by atoms with E-state index in [1.807, 2.05) is 38.1 Å². The Kier molecular flexibility index (Phi) is 3.85. The van der Waals surface area contributed by atoms with E-state index >= 15 is 0 Å². The summed E-state index contributed by atoms with van der Waals surface area (Å²) in [5.41, 5.74) is 5.17.